The summed E-state index contributed by atoms with van der Waals surface area (Å²) in [5.74, 6) is 0.400. The molecule has 0 heterocycles. The van der Waals surface area contributed by atoms with Crippen LogP contribution >= 0.6 is 0 Å². The van der Waals surface area contributed by atoms with E-state index in [0.717, 1.165) is 6.42 Å². The molecule has 0 bridgehead atoms. The van der Waals surface area contributed by atoms with E-state index in [0.29, 0.717) is 5.92 Å². The lowest BCUT2D eigenvalue weighted by Gasteiger charge is -2.20. The van der Waals surface area contributed by atoms with Crippen molar-refractivity contribution in [2.75, 3.05) is 0 Å². The maximum absolute atomic E-state index is 2.28. The van der Waals surface area contributed by atoms with Gasteiger partial charge in [0.05, 0.1) is 0 Å². The van der Waals surface area contributed by atoms with Gasteiger partial charge in [-0.05, 0) is 49.4 Å². The molecular formula is C23H24. The van der Waals surface area contributed by atoms with Gasteiger partial charge >= 0.3 is 0 Å². The molecule has 23 heavy (non-hydrogen) atoms. The first-order valence-electron chi connectivity index (χ1n) is 8.31. The van der Waals surface area contributed by atoms with Gasteiger partial charge in [0.1, 0.15) is 0 Å². The average Bonchev–Trinajstić information content (AvgIpc) is 2.56. The molecule has 3 aromatic rings. The molecule has 0 atom stereocenters. The molecule has 3 rings (SSSR count). The van der Waals surface area contributed by atoms with Gasteiger partial charge in [0.2, 0.25) is 0 Å². The SMILES string of the molecule is Cc1ccc(C(Cc2ccccc2C)c2ccc(C)cc2)cc1. The fraction of sp³-hybridized carbons (Fsp3) is 0.217. The first-order chi connectivity index (χ1) is 11.1. The predicted octanol–water partition coefficient (Wildman–Crippen LogP) is 5.99. The van der Waals surface area contributed by atoms with Gasteiger partial charge in [-0.3, -0.25) is 0 Å². The molecule has 116 valence electrons. The number of hydrogen-bond acceptors (Lipinski definition) is 0. The molecule has 0 aliphatic carbocycles. The Balaban J connectivity index is 2.01. The van der Waals surface area contributed by atoms with E-state index < -0.39 is 0 Å². The Hall–Kier alpha value is -2.34. The summed E-state index contributed by atoms with van der Waals surface area (Å²) in [7, 11) is 0. The molecule has 0 radical (unpaired) electrons. The standard InChI is InChI=1S/C23H24/c1-17-8-12-20(13-9-17)23(21-14-10-18(2)11-15-21)16-22-7-5-4-6-19(22)3/h4-15,23H,16H2,1-3H3. The molecule has 0 amide bonds. The lowest BCUT2D eigenvalue weighted by Crippen LogP contribution is -2.06. The second-order valence-electron chi connectivity index (χ2n) is 6.50. The molecule has 0 saturated carbocycles. The zero-order valence-electron chi connectivity index (χ0n) is 14.2. The molecule has 0 heteroatoms. The molecule has 0 aromatic heterocycles. The van der Waals surface area contributed by atoms with Crippen molar-refractivity contribution in [1.82, 2.24) is 0 Å². The van der Waals surface area contributed by atoms with Crippen molar-refractivity contribution in [2.24, 2.45) is 0 Å². The summed E-state index contributed by atoms with van der Waals surface area (Å²) in [4.78, 5) is 0. The topological polar surface area (TPSA) is 0 Å². The van der Waals surface area contributed by atoms with Crippen LogP contribution in [-0.4, -0.2) is 0 Å². The van der Waals surface area contributed by atoms with Crippen LogP contribution in [0.4, 0.5) is 0 Å². The summed E-state index contributed by atoms with van der Waals surface area (Å²) < 4.78 is 0. The second kappa shape index (κ2) is 6.83. The van der Waals surface area contributed by atoms with E-state index in [2.05, 4.69) is 93.6 Å². The minimum Gasteiger partial charge on any atom is -0.0620 e. The molecule has 0 unspecified atom stereocenters. The summed E-state index contributed by atoms with van der Waals surface area (Å²) in [5.41, 5.74) is 8.21. The van der Waals surface area contributed by atoms with Gasteiger partial charge in [0.25, 0.3) is 0 Å². The van der Waals surface area contributed by atoms with Crippen molar-refractivity contribution in [3.63, 3.8) is 0 Å². The van der Waals surface area contributed by atoms with Gasteiger partial charge in [-0.25, -0.2) is 0 Å². The van der Waals surface area contributed by atoms with Gasteiger partial charge in [0, 0.05) is 5.92 Å². The van der Waals surface area contributed by atoms with Crippen LogP contribution in [0.2, 0.25) is 0 Å². The van der Waals surface area contributed by atoms with Crippen LogP contribution in [0.1, 0.15) is 39.3 Å². The molecule has 0 nitrogen and oxygen atoms in total. The molecule has 0 saturated heterocycles. The number of hydrogen-bond donors (Lipinski definition) is 0. The Morgan fingerprint density at radius 3 is 1.57 bits per heavy atom. The van der Waals surface area contributed by atoms with Crippen molar-refractivity contribution in [3.8, 4) is 0 Å². The zero-order valence-corrected chi connectivity index (χ0v) is 14.2. The third-order valence-electron chi connectivity index (χ3n) is 4.64. The molecule has 3 aromatic carbocycles. The predicted molar refractivity (Wildman–Crippen MR) is 99.1 cm³/mol. The van der Waals surface area contributed by atoms with Crippen LogP contribution in [-0.2, 0) is 6.42 Å². The first kappa shape index (κ1) is 15.6. The average molecular weight is 300 g/mol. The van der Waals surface area contributed by atoms with Crippen molar-refractivity contribution in [3.05, 3.63) is 106 Å². The number of benzene rings is 3. The van der Waals surface area contributed by atoms with Crippen LogP contribution in [0, 0.1) is 20.8 Å². The zero-order chi connectivity index (χ0) is 16.2. The van der Waals surface area contributed by atoms with Gasteiger partial charge < -0.3 is 0 Å². The largest absolute Gasteiger partial charge is 0.0620 e. The number of rotatable bonds is 4. The highest BCUT2D eigenvalue weighted by Gasteiger charge is 2.15. The quantitative estimate of drug-likeness (QED) is 0.555. The van der Waals surface area contributed by atoms with E-state index in [9.17, 15) is 0 Å². The maximum atomic E-state index is 2.28. The van der Waals surface area contributed by atoms with E-state index >= 15 is 0 Å². The van der Waals surface area contributed by atoms with Crippen LogP contribution in [0.25, 0.3) is 0 Å². The van der Waals surface area contributed by atoms with Gasteiger partial charge in [-0.15, -0.1) is 0 Å². The highest BCUT2D eigenvalue weighted by atomic mass is 14.2. The normalized spacial score (nSPS) is 11.0. The van der Waals surface area contributed by atoms with Crippen LogP contribution < -0.4 is 0 Å². The van der Waals surface area contributed by atoms with Crippen LogP contribution in [0.3, 0.4) is 0 Å². The molecule has 0 N–H and O–H groups in total. The fourth-order valence-electron chi connectivity index (χ4n) is 3.08. The van der Waals surface area contributed by atoms with E-state index in [1.54, 1.807) is 0 Å². The highest BCUT2D eigenvalue weighted by Crippen LogP contribution is 2.30. The lowest BCUT2D eigenvalue weighted by atomic mass is 9.84. The summed E-state index contributed by atoms with van der Waals surface area (Å²) in [6.45, 7) is 6.49. The molecular weight excluding hydrogens is 276 g/mol. The smallest absolute Gasteiger partial charge is 0.0130 e. The van der Waals surface area contributed by atoms with Crippen molar-refractivity contribution < 1.29 is 0 Å². The Morgan fingerprint density at radius 1 is 0.609 bits per heavy atom. The monoisotopic (exact) mass is 300 g/mol. The summed E-state index contributed by atoms with van der Waals surface area (Å²) in [6, 6.07) is 26.7. The lowest BCUT2D eigenvalue weighted by molar-refractivity contribution is 0.799. The van der Waals surface area contributed by atoms with E-state index in [1.165, 1.54) is 33.4 Å². The molecule has 0 fully saturated rings. The Labute approximate surface area is 139 Å². The molecule has 0 aliphatic rings. The van der Waals surface area contributed by atoms with Crippen molar-refractivity contribution in [1.29, 1.82) is 0 Å². The van der Waals surface area contributed by atoms with Crippen molar-refractivity contribution >= 4 is 0 Å². The minimum absolute atomic E-state index is 0.400. The van der Waals surface area contributed by atoms with E-state index in [1.807, 2.05) is 0 Å². The van der Waals surface area contributed by atoms with Crippen LogP contribution in [0.5, 0.6) is 0 Å². The minimum atomic E-state index is 0.400. The highest BCUT2D eigenvalue weighted by molar-refractivity contribution is 5.38. The second-order valence-corrected chi connectivity index (χ2v) is 6.50. The van der Waals surface area contributed by atoms with Crippen molar-refractivity contribution in [2.45, 2.75) is 33.1 Å². The summed E-state index contributed by atoms with van der Waals surface area (Å²) >= 11 is 0. The van der Waals surface area contributed by atoms with Gasteiger partial charge in [0.15, 0.2) is 0 Å². The van der Waals surface area contributed by atoms with E-state index in [-0.39, 0.29) is 0 Å². The third-order valence-corrected chi connectivity index (χ3v) is 4.64. The van der Waals surface area contributed by atoms with Gasteiger partial charge in [-0.1, -0.05) is 83.9 Å². The summed E-state index contributed by atoms with van der Waals surface area (Å²) in [5, 5.41) is 0. The number of aryl methyl sites for hydroxylation is 3. The fourth-order valence-corrected chi connectivity index (χ4v) is 3.08. The third kappa shape index (κ3) is 3.71. The molecule has 0 aliphatic heterocycles. The molecule has 0 spiro atoms. The van der Waals surface area contributed by atoms with Gasteiger partial charge in [-0.2, -0.15) is 0 Å². The first-order valence-corrected chi connectivity index (χ1v) is 8.31. The Kier molecular flexibility index (Phi) is 4.62. The van der Waals surface area contributed by atoms with E-state index in [4.69, 9.17) is 0 Å². The maximum Gasteiger partial charge on any atom is 0.0130 e. The summed E-state index contributed by atoms with van der Waals surface area (Å²) in [6.07, 6.45) is 1.04. The Bertz CT molecular complexity index is 718. The Morgan fingerprint density at radius 2 is 1.09 bits per heavy atom. The van der Waals surface area contributed by atoms with Crippen LogP contribution in [0.15, 0.2) is 72.8 Å².